The van der Waals surface area contributed by atoms with Crippen LogP contribution in [0.2, 0.25) is 10.0 Å². The largest absolute Gasteiger partial charge is 0.258 e. The summed E-state index contributed by atoms with van der Waals surface area (Å²) in [4.78, 5) is 0. The summed E-state index contributed by atoms with van der Waals surface area (Å²) in [5.74, 6) is 3.47. The third-order valence-electron chi connectivity index (χ3n) is 1.12. The van der Waals surface area contributed by atoms with E-state index in [-0.39, 0.29) is 0 Å². The van der Waals surface area contributed by atoms with Crippen LogP contribution in [0.1, 0.15) is 0 Å². The molecule has 10 heavy (non-hydrogen) atoms. The Morgan fingerprint density at radius 3 is 2.40 bits per heavy atom. The molecule has 1 rings (SSSR count). The molecule has 0 unspecified atom stereocenters. The van der Waals surface area contributed by atoms with Gasteiger partial charge in [0.1, 0.15) is 0 Å². The second-order valence-electron chi connectivity index (χ2n) is 1.81. The Bertz CT molecular complexity index is 237. The Kier molecular flexibility index (Phi) is 2.38. The van der Waals surface area contributed by atoms with E-state index < -0.39 is 0 Å². The van der Waals surface area contributed by atoms with Crippen molar-refractivity contribution in [3.63, 3.8) is 0 Å². The number of halogens is 2. The van der Waals surface area contributed by atoms with Gasteiger partial charge in [-0.15, -0.1) is 0 Å². The third kappa shape index (κ3) is 1.53. The van der Waals surface area contributed by atoms with Gasteiger partial charge in [0, 0.05) is 0 Å². The minimum Gasteiger partial charge on any atom is -0.258 e. The van der Waals surface area contributed by atoms with Gasteiger partial charge in [0.2, 0.25) is 0 Å². The Labute approximate surface area is 68.9 Å². The maximum atomic E-state index is 5.69. The second kappa shape index (κ2) is 3.10. The number of hydrogen-bond acceptors (Lipinski definition) is 1. The zero-order valence-electron chi connectivity index (χ0n) is 5.20. The summed E-state index contributed by atoms with van der Waals surface area (Å²) < 4.78 is 0. The highest BCUT2D eigenvalue weighted by atomic mass is 35.5. The van der Waals surface area contributed by atoms with Crippen molar-refractivity contribution in [3.8, 4) is 0 Å². The fraction of sp³-hybridized carbons (Fsp3) is 0. The van der Waals surface area contributed by atoms with Crippen LogP contribution in [-0.2, 0) is 0 Å². The first-order chi connectivity index (χ1) is 4.74. The molecule has 0 heterocycles. The zero-order valence-corrected chi connectivity index (χ0v) is 6.71. The Balaban J connectivity index is 3.04. The summed E-state index contributed by atoms with van der Waals surface area (Å²) >= 11 is 11.4. The van der Waals surface area contributed by atoms with Crippen LogP contribution in [0.15, 0.2) is 18.2 Å². The first-order valence-corrected chi connectivity index (χ1v) is 3.48. The van der Waals surface area contributed by atoms with Gasteiger partial charge in [-0.2, -0.15) is 0 Å². The minimum atomic E-state index is 0.537. The molecule has 0 amide bonds. The highest BCUT2D eigenvalue weighted by Gasteiger charge is 1.97. The molecule has 4 N–H and O–H groups in total. The van der Waals surface area contributed by atoms with Crippen molar-refractivity contribution in [1.82, 2.24) is 0 Å². The van der Waals surface area contributed by atoms with Crippen LogP contribution in [0, 0.1) is 0 Å². The predicted octanol–water partition coefficient (Wildman–Crippen LogP) is 1.56. The van der Waals surface area contributed by atoms with Crippen LogP contribution in [0.3, 0.4) is 0 Å². The van der Waals surface area contributed by atoms with Crippen molar-refractivity contribution in [2.24, 2.45) is 0 Å². The van der Waals surface area contributed by atoms with E-state index in [1.165, 1.54) is 0 Å². The number of rotatable bonds is 1. The molecule has 0 radical (unpaired) electrons. The Hall–Kier alpha value is -0.440. The lowest BCUT2D eigenvalue weighted by Crippen LogP contribution is -2.56. The number of anilines is 1. The molecule has 0 fully saturated rings. The Morgan fingerprint density at radius 1 is 1.20 bits per heavy atom. The van der Waals surface area contributed by atoms with Gasteiger partial charge in [0.05, 0.1) is 15.7 Å². The molecular weight excluding hydrogens is 171 g/mol. The van der Waals surface area contributed by atoms with Crippen LogP contribution in [0.4, 0.5) is 5.69 Å². The summed E-state index contributed by atoms with van der Waals surface area (Å²) in [6.45, 7) is 0. The van der Waals surface area contributed by atoms with Crippen LogP contribution in [0.25, 0.3) is 0 Å². The van der Waals surface area contributed by atoms with E-state index in [0.29, 0.717) is 10.0 Å². The quantitative estimate of drug-likeness (QED) is 0.629. The van der Waals surface area contributed by atoms with Gasteiger partial charge in [-0.3, -0.25) is 5.84 Å². The second-order valence-corrected chi connectivity index (χ2v) is 2.62. The van der Waals surface area contributed by atoms with Gasteiger partial charge >= 0.3 is 0 Å². The summed E-state index contributed by atoms with van der Waals surface area (Å²) in [6, 6.07) is 5.25. The van der Waals surface area contributed by atoms with Gasteiger partial charge < -0.3 is 0 Å². The highest BCUT2D eigenvalue weighted by Crippen LogP contribution is 2.23. The molecule has 0 atom stereocenters. The van der Waals surface area contributed by atoms with Crippen molar-refractivity contribution in [1.29, 1.82) is 0 Å². The van der Waals surface area contributed by atoms with E-state index in [9.17, 15) is 0 Å². The molecule has 0 bridgehead atoms. The standard InChI is InChI=1S/C6H6Cl2N2/c7-5-2-1-4(10-9)3-6(5)8/h1-3,10H,9H2/p+1. The number of benzene rings is 1. The lowest BCUT2D eigenvalue weighted by atomic mass is 10.3. The molecular formula is C6H7Cl2N2+. The van der Waals surface area contributed by atoms with Crippen LogP contribution in [0.5, 0.6) is 0 Å². The molecule has 1 aromatic carbocycles. The molecule has 0 saturated carbocycles. The SMILES string of the molecule is [NH3+]Nc1ccc(Cl)c(Cl)c1. The fourth-order valence-corrected chi connectivity index (χ4v) is 0.904. The van der Waals surface area contributed by atoms with Crippen molar-refractivity contribution in [3.05, 3.63) is 28.2 Å². The smallest absolute Gasteiger partial charge is 0.0863 e. The number of quaternary nitrogens is 1. The molecule has 2 nitrogen and oxygen atoms in total. The van der Waals surface area contributed by atoms with Crippen LogP contribution in [-0.4, -0.2) is 0 Å². The molecule has 54 valence electrons. The van der Waals surface area contributed by atoms with E-state index in [1.54, 1.807) is 18.2 Å². The van der Waals surface area contributed by atoms with E-state index in [0.717, 1.165) is 5.69 Å². The topological polar surface area (TPSA) is 39.7 Å². The molecule has 4 heteroatoms. The van der Waals surface area contributed by atoms with E-state index >= 15 is 0 Å². The van der Waals surface area contributed by atoms with Gasteiger partial charge in [-0.1, -0.05) is 23.2 Å². The summed E-state index contributed by atoms with van der Waals surface area (Å²) in [7, 11) is 0. The average Bonchev–Trinajstić information content (AvgIpc) is 1.95. The van der Waals surface area contributed by atoms with E-state index in [2.05, 4.69) is 11.3 Å². The van der Waals surface area contributed by atoms with E-state index in [1.807, 2.05) is 0 Å². The fourth-order valence-electron chi connectivity index (χ4n) is 0.606. The number of nitrogens with one attached hydrogen (secondary N) is 1. The van der Waals surface area contributed by atoms with Crippen LogP contribution < -0.4 is 11.3 Å². The van der Waals surface area contributed by atoms with Gasteiger partial charge in [0.15, 0.2) is 0 Å². The van der Waals surface area contributed by atoms with Gasteiger partial charge in [-0.25, -0.2) is 5.43 Å². The third-order valence-corrected chi connectivity index (χ3v) is 1.86. The normalized spacial score (nSPS) is 9.50. The highest BCUT2D eigenvalue weighted by molar-refractivity contribution is 6.42. The first-order valence-electron chi connectivity index (χ1n) is 2.72. The maximum Gasteiger partial charge on any atom is 0.0863 e. The van der Waals surface area contributed by atoms with Crippen molar-refractivity contribution >= 4 is 28.9 Å². The summed E-state index contributed by atoms with van der Waals surface area (Å²) in [5, 5.41) is 1.09. The van der Waals surface area contributed by atoms with Gasteiger partial charge in [0.25, 0.3) is 0 Å². The molecule has 0 aliphatic heterocycles. The molecule has 0 saturated heterocycles. The maximum absolute atomic E-state index is 5.69. The molecule has 0 spiro atoms. The lowest BCUT2D eigenvalue weighted by Gasteiger charge is -1.97. The molecule has 0 aliphatic carbocycles. The summed E-state index contributed by atoms with van der Waals surface area (Å²) in [5.41, 5.74) is 3.56. The zero-order chi connectivity index (χ0) is 7.56. The van der Waals surface area contributed by atoms with Crippen LogP contribution >= 0.6 is 23.2 Å². The first kappa shape index (κ1) is 7.66. The summed E-state index contributed by atoms with van der Waals surface area (Å²) in [6.07, 6.45) is 0. The Morgan fingerprint density at radius 2 is 1.90 bits per heavy atom. The van der Waals surface area contributed by atoms with Crippen molar-refractivity contribution < 1.29 is 5.84 Å². The number of hydrogen-bond donors (Lipinski definition) is 2. The molecule has 1 aromatic rings. The van der Waals surface area contributed by atoms with Crippen molar-refractivity contribution in [2.45, 2.75) is 0 Å². The average molecular weight is 178 g/mol. The van der Waals surface area contributed by atoms with E-state index in [4.69, 9.17) is 23.2 Å². The van der Waals surface area contributed by atoms with Gasteiger partial charge in [-0.05, 0) is 18.2 Å². The lowest BCUT2D eigenvalue weighted by molar-refractivity contribution is -0.325. The minimum absolute atomic E-state index is 0.537. The molecule has 0 aliphatic rings. The van der Waals surface area contributed by atoms with Crippen molar-refractivity contribution in [2.75, 3.05) is 5.43 Å². The molecule has 0 aromatic heterocycles. The monoisotopic (exact) mass is 177 g/mol. The predicted molar refractivity (Wildman–Crippen MR) is 43.0 cm³/mol.